The Morgan fingerprint density at radius 2 is 1.88 bits per heavy atom. The number of hydrogen-bond donors (Lipinski definition) is 0. The van der Waals surface area contributed by atoms with Crippen molar-refractivity contribution in [3.05, 3.63) is 23.8 Å². The molecule has 96 valence electrons. The van der Waals surface area contributed by atoms with Crippen LogP contribution in [0.15, 0.2) is 18.2 Å². The molecule has 0 bridgehead atoms. The van der Waals surface area contributed by atoms with Gasteiger partial charge in [0.2, 0.25) is 0 Å². The normalized spacial score (nSPS) is 12.2. The van der Waals surface area contributed by atoms with Crippen molar-refractivity contribution in [1.82, 2.24) is 0 Å². The third-order valence-corrected chi connectivity index (χ3v) is 2.91. The molecule has 0 radical (unpaired) electrons. The highest BCUT2D eigenvalue weighted by atomic mass is 16.5. The van der Waals surface area contributed by atoms with Gasteiger partial charge in [0.15, 0.2) is 11.5 Å². The van der Waals surface area contributed by atoms with Gasteiger partial charge in [-0.3, -0.25) is 0 Å². The predicted molar refractivity (Wildman–Crippen MR) is 69.1 cm³/mol. The molecule has 0 saturated heterocycles. The van der Waals surface area contributed by atoms with Crippen LogP contribution in [0.1, 0.15) is 31.7 Å². The van der Waals surface area contributed by atoms with Crippen LogP contribution < -0.4 is 9.47 Å². The zero-order chi connectivity index (χ0) is 12.7. The molecule has 3 nitrogen and oxygen atoms in total. The lowest BCUT2D eigenvalue weighted by atomic mass is 9.98. The van der Waals surface area contributed by atoms with Gasteiger partial charge in [-0.25, -0.2) is 0 Å². The maximum atomic E-state index is 5.59. The first-order valence-electron chi connectivity index (χ1n) is 6.02. The molecule has 1 aromatic carbocycles. The van der Waals surface area contributed by atoms with Gasteiger partial charge >= 0.3 is 0 Å². The maximum absolute atomic E-state index is 5.59. The smallest absolute Gasteiger partial charge is 0.161 e. The lowest BCUT2D eigenvalue weighted by Gasteiger charge is -2.14. The van der Waals surface area contributed by atoms with E-state index in [2.05, 4.69) is 26.0 Å². The van der Waals surface area contributed by atoms with Crippen LogP contribution in [-0.4, -0.2) is 27.4 Å². The number of hydrogen-bond acceptors (Lipinski definition) is 3. The fourth-order valence-corrected chi connectivity index (χ4v) is 1.58. The van der Waals surface area contributed by atoms with Crippen molar-refractivity contribution in [2.45, 2.75) is 26.2 Å². The van der Waals surface area contributed by atoms with Gasteiger partial charge in [0.25, 0.3) is 0 Å². The highest BCUT2D eigenvalue weighted by Gasteiger charge is 2.09. The minimum atomic E-state index is 0.537. The summed E-state index contributed by atoms with van der Waals surface area (Å²) < 4.78 is 15.9. The van der Waals surface area contributed by atoms with Crippen molar-refractivity contribution in [2.75, 3.05) is 27.4 Å². The quantitative estimate of drug-likeness (QED) is 0.682. The molecule has 17 heavy (non-hydrogen) atoms. The second kappa shape index (κ2) is 7.17. The van der Waals surface area contributed by atoms with E-state index in [1.165, 1.54) is 5.56 Å². The minimum absolute atomic E-state index is 0.537. The second-order valence-corrected chi connectivity index (χ2v) is 4.06. The lowest BCUT2D eigenvalue weighted by molar-refractivity contribution is 0.144. The van der Waals surface area contributed by atoms with Gasteiger partial charge in [0.1, 0.15) is 6.61 Å². The van der Waals surface area contributed by atoms with Crippen LogP contribution in [0.5, 0.6) is 11.5 Å². The van der Waals surface area contributed by atoms with Gasteiger partial charge in [0, 0.05) is 7.11 Å². The van der Waals surface area contributed by atoms with Crippen molar-refractivity contribution >= 4 is 0 Å². The number of rotatable bonds is 7. The highest BCUT2D eigenvalue weighted by molar-refractivity contribution is 5.43. The van der Waals surface area contributed by atoms with Crippen LogP contribution in [-0.2, 0) is 4.74 Å². The molecule has 0 saturated carbocycles. The molecule has 0 aliphatic rings. The first kappa shape index (κ1) is 13.8. The largest absolute Gasteiger partial charge is 0.493 e. The summed E-state index contributed by atoms with van der Waals surface area (Å²) in [6, 6.07) is 6.12. The molecule has 0 aliphatic carbocycles. The van der Waals surface area contributed by atoms with Crippen LogP contribution in [0.3, 0.4) is 0 Å². The Bertz CT molecular complexity index is 336. The molecule has 0 amide bonds. The van der Waals surface area contributed by atoms with E-state index in [-0.39, 0.29) is 0 Å². The molecule has 0 fully saturated rings. The fourth-order valence-electron chi connectivity index (χ4n) is 1.58. The van der Waals surface area contributed by atoms with Crippen LogP contribution >= 0.6 is 0 Å². The van der Waals surface area contributed by atoms with Gasteiger partial charge in [-0.2, -0.15) is 0 Å². The summed E-state index contributed by atoms with van der Waals surface area (Å²) in [5.41, 5.74) is 1.28. The van der Waals surface area contributed by atoms with Crippen molar-refractivity contribution in [3.63, 3.8) is 0 Å². The second-order valence-electron chi connectivity index (χ2n) is 4.06. The summed E-state index contributed by atoms with van der Waals surface area (Å²) >= 11 is 0. The molecular weight excluding hydrogens is 216 g/mol. The summed E-state index contributed by atoms with van der Waals surface area (Å²) in [6.45, 7) is 5.51. The molecule has 0 aromatic heterocycles. The van der Waals surface area contributed by atoms with Crippen LogP contribution in [0.2, 0.25) is 0 Å². The van der Waals surface area contributed by atoms with Crippen molar-refractivity contribution in [1.29, 1.82) is 0 Å². The Balaban J connectivity index is 2.78. The summed E-state index contributed by atoms with van der Waals surface area (Å²) in [5, 5.41) is 0. The molecule has 0 heterocycles. The van der Waals surface area contributed by atoms with E-state index >= 15 is 0 Å². The molecule has 1 aromatic rings. The standard InChI is InChI=1S/C14H22O3/c1-5-11(2)12-6-7-13(14(10-12)16-4)17-9-8-15-3/h6-7,10-11H,5,8-9H2,1-4H3. The SMILES string of the molecule is CCC(C)c1ccc(OCCOC)c(OC)c1. The van der Waals surface area contributed by atoms with Gasteiger partial charge in [-0.15, -0.1) is 0 Å². The van der Waals surface area contributed by atoms with Crippen LogP contribution in [0.4, 0.5) is 0 Å². The zero-order valence-electron chi connectivity index (χ0n) is 11.2. The number of methoxy groups -OCH3 is 2. The van der Waals surface area contributed by atoms with E-state index in [1.807, 2.05) is 6.07 Å². The van der Waals surface area contributed by atoms with E-state index in [0.29, 0.717) is 19.1 Å². The van der Waals surface area contributed by atoms with E-state index in [9.17, 15) is 0 Å². The van der Waals surface area contributed by atoms with Gasteiger partial charge in [-0.1, -0.05) is 19.9 Å². The van der Waals surface area contributed by atoms with Crippen molar-refractivity contribution in [2.24, 2.45) is 0 Å². The topological polar surface area (TPSA) is 27.7 Å². The molecule has 0 aliphatic heterocycles. The Hall–Kier alpha value is -1.22. The first-order chi connectivity index (χ1) is 8.22. The van der Waals surface area contributed by atoms with Gasteiger partial charge in [-0.05, 0) is 30.0 Å². The van der Waals surface area contributed by atoms with Gasteiger partial charge in [0.05, 0.1) is 13.7 Å². The van der Waals surface area contributed by atoms with Crippen LogP contribution in [0, 0.1) is 0 Å². The summed E-state index contributed by atoms with van der Waals surface area (Å²) in [5.74, 6) is 2.10. The van der Waals surface area contributed by atoms with E-state index in [1.54, 1.807) is 14.2 Å². The summed E-state index contributed by atoms with van der Waals surface area (Å²) in [6.07, 6.45) is 1.12. The zero-order valence-corrected chi connectivity index (χ0v) is 11.2. The van der Waals surface area contributed by atoms with Crippen molar-refractivity contribution in [3.8, 4) is 11.5 Å². The maximum Gasteiger partial charge on any atom is 0.161 e. The molecule has 1 rings (SSSR count). The third kappa shape index (κ3) is 3.93. The van der Waals surface area contributed by atoms with E-state index in [0.717, 1.165) is 17.9 Å². The number of benzene rings is 1. The first-order valence-corrected chi connectivity index (χ1v) is 6.02. The molecule has 3 heteroatoms. The average molecular weight is 238 g/mol. The average Bonchev–Trinajstić information content (AvgIpc) is 2.38. The van der Waals surface area contributed by atoms with Crippen LogP contribution in [0.25, 0.3) is 0 Å². The predicted octanol–water partition coefficient (Wildman–Crippen LogP) is 3.23. The Morgan fingerprint density at radius 1 is 1.12 bits per heavy atom. The molecule has 0 spiro atoms. The van der Waals surface area contributed by atoms with Crippen molar-refractivity contribution < 1.29 is 14.2 Å². The summed E-state index contributed by atoms with van der Waals surface area (Å²) in [7, 11) is 3.32. The Labute approximate surface area is 104 Å². The minimum Gasteiger partial charge on any atom is -0.493 e. The van der Waals surface area contributed by atoms with E-state index in [4.69, 9.17) is 14.2 Å². The molecule has 1 atom stereocenters. The summed E-state index contributed by atoms with van der Waals surface area (Å²) in [4.78, 5) is 0. The monoisotopic (exact) mass is 238 g/mol. The molecule has 0 N–H and O–H groups in total. The lowest BCUT2D eigenvalue weighted by Crippen LogP contribution is -2.05. The van der Waals surface area contributed by atoms with E-state index < -0.39 is 0 Å². The Morgan fingerprint density at radius 3 is 2.47 bits per heavy atom. The molecular formula is C14H22O3. The van der Waals surface area contributed by atoms with Gasteiger partial charge < -0.3 is 14.2 Å². The third-order valence-electron chi connectivity index (χ3n) is 2.91. The Kier molecular flexibility index (Phi) is 5.84. The fraction of sp³-hybridized carbons (Fsp3) is 0.571. The highest BCUT2D eigenvalue weighted by Crippen LogP contribution is 2.31. The number of ether oxygens (including phenoxy) is 3. The molecule has 1 unspecified atom stereocenters.